The maximum absolute atomic E-state index is 11.6. The first-order valence-corrected chi connectivity index (χ1v) is 5.28. The van der Waals surface area contributed by atoms with Crippen LogP contribution in [0.4, 0.5) is 0 Å². The van der Waals surface area contributed by atoms with Crippen molar-refractivity contribution in [3.8, 4) is 6.07 Å². The highest BCUT2D eigenvalue weighted by molar-refractivity contribution is 9.10. The molecule has 3 heteroatoms. The van der Waals surface area contributed by atoms with E-state index in [1.807, 2.05) is 0 Å². The van der Waals surface area contributed by atoms with Crippen LogP contribution in [0.2, 0.25) is 0 Å². The summed E-state index contributed by atoms with van der Waals surface area (Å²) in [6, 6.07) is 5.67. The van der Waals surface area contributed by atoms with Crippen molar-refractivity contribution in [2.24, 2.45) is 0 Å². The number of benzene rings is 1. The van der Waals surface area contributed by atoms with E-state index in [1.54, 1.807) is 12.1 Å². The van der Waals surface area contributed by atoms with Crippen molar-refractivity contribution in [3.05, 3.63) is 33.3 Å². The lowest BCUT2D eigenvalue weighted by atomic mass is 9.88. The van der Waals surface area contributed by atoms with E-state index in [1.165, 1.54) is 0 Å². The van der Waals surface area contributed by atoms with Gasteiger partial charge in [-0.3, -0.25) is 4.79 Å². The quantitative estimate of drug-likeness (QED) is 0.710. The second-order valence-electron chi connectivity index (χ2n) is 3.34. The molecule has 1 aromatic rings. The number of fused-ring (bicyclic) bond motifs is 1. The Morgan fingerprint density at radius 1 is 1.36 bits per heavy atom. The summed E-state index contributed by atoms with van der Waals surface area (Å²) in [5.74, 6) is 0.148. The number of carbonyl (C=O) groups excluding carboxylic acids is 1. The molecular formula is C11H8BrNO. The van der Waals surface area contributed by atoms with Gasteiger partial charge >= 0.3 is 0 Å². The van der Waals surface area contributed by atoms with Crippen LogP contribution in [0, 0.1) is 11.3 Å². The van der Waals surface area contributed by atoms with E-state index >= 15 is 0 Å². The fourth-order valence-electron chi connectivity index (χ4n) is 1.84. The van der Waals surface area contributed by atoms with Crippen LogP contribution >= 0.6 is 15.9 Å². The van der Waals surface area contributed by atoms with Gasteiger partial charge in [0.2, 0.25) is 0 Å². The third kappa shape index (κ3) is 1.36. The van der Waals surface area contributed by atoms with Crippen LogP contribution < -0.4 is 0 Å². The van der Waals surface area contributed by atoms with E-state index in [-0.39, 0.29) is 5.78 Å². The molecule has 0 bridgehead atoms. The topological polar surface area (TPSA) is 40.9 Å². The zero-order valence-electron chi connectivity index (χ0n) is 7.51. The van der Waals surface area contributed by atoms with Crippen LogP contribution in [0.3, 0.4) is 0 Å². The number of Topliss-reactive ketones (excluding diaryl/α,β-unsaturated/α-hetero) is 1. The summed E-state index contributed by atoms with van der Waals surface area (Å²) < 4.78 is 0.816. The normalized spacial score (nSPS) is 14.7. The first kappa shape index (κ1) is 9.42. The number of carbonyl (C=O) groups is 1. The molecule has 0 radical (unpaired) electrons. The molecule has 1 aliphatic carbocycles. The van der Waals surface area contributed by atoms with E-state index in [2.05, 4.69) is 22.0 Å². The van der Waals surface area contributed by atoms with Gasteiger partial charge in [0, 0.05) is 16.5 Å². The van der Waals surface area contributed by atoms with Crippen molar-refractivity contribution in [2.75, 3.05) is 0 Å². The van der Waals surface area contributed by atoms with Crippen LogP contribution in [0.1, 0.15) is 34.3 Å². The molecule has 0 amide bonds. The lowest BCUT2D eigenvalue weighted by Crippen LogP contribution is -2.13. The molecule has 70 valence electrons. The second kappa shape index (κ2) is 3.55. The molecule has 0 spiro atoms. The first-order chi connectivity index (χ1) is 6.74. The van der Waals surface area contributed by atoms with Crippen molar-refractivity contribution < 1.29 is 4.79 Å². The van der Waals surface area contributed by atoms with Gasteiger partial charge in [-0.05, 0) is 30.5 Å². The number of nitrogens with zero attached hydrogens (tertiary/aromatic N) is 1. The predicted octanol–water partition coefficient (Wildman–Crippen LogP) is 2.84. The molecule has 1 aliphatic rings. The minimum atomic E-state index is 0.148. The van der Waals surface area contributed by atoms with E-state index in [4.69, 9.17) is 5.26 Å². The van der Waals surface area contributed by atoms with Gasteiger partial charge in [-0.1, -0.05) is 15.9 Å². The SMILES string of the molecule is N#Cc1ccc(Br)c2c1CCCC2=O. The highest BCUT2D eigenvalue weighted by atomic mass is 79.9. The van der Waals surface area contributed by atoms with Crippen molar-refractivity contribution in [1.82, 2.24) is 0 Å². The number of rotatable bonds is 0. The summed E-state index contributed by atoms with van der Waals surface area (Å²) in [6.45, 7) is 0. The van der Waals surface area contributed by atoms with Gasteiger partial charge in [0.15, 0.2) is 5.78 Å². The zero-order chi connectivity index (χ0) is 10.1. The Bertz CT molecular complexity index is 445. The summed E-state index contributed by atoms with van der Waals surface area (Å²) >= 11 is 3.36. The molecule has 2 rings (SSSR count). The van der Waals surface area contributed by atoms with Crippen LogP contribution in [0.5, 0.6) is 0 Å². The van der Waals surface area contributed by atoms with Crippen LogP contribution in [0.15, 0.2) is 16.6 Å². The molecule has 0 heterocycles. The Balaban J connectivity index is 2.71. The van der Waals surface area contributed by atoms with Crippen molar-refractivity contribution >= 4 is 21.7 Å². The number of hydrogen-bond donors (Lipinski definition) is 0. The van der Waals surface area contributed by atoms with Gasteiger partial charge in [0.25, 0.3) is 0 Å². The summed E-state index contributed by atoms with van der Waals surface area (Å²) in [5.41, 5.74) is 2.27. The van der Waals surface area contributed by atoms with E-state index < -0.39 is 0 Å². The molecule has 0 aromatic heterocycles. The zero-order valence-corrected chi connectivity index (χ0v) is 9.10. The molecular weight excluding hydrogens is 242 g/mol. The highest BCUT2D eigenvalue weighted by Gasteiger charge is 2.22. The number of halogens is 1. The van der Waals surface area contributed by atoms with Crippen LogP contribution in [-0.4, -0.2) is 5.78 Å². The number of ketones is 1. The minimum absolute atomic E-state index is 0.148. The third-order valence-corrected chi connectivity index (χ3v) is 3.15. The molecule has 0 unspecified atom stereocenters. The summed E-state index contributed by atoms with van der Waals surface area (Å²) in [5, 5.41) is 8.89. The Labute approximate surface area is 90.7 Å². The van der Waals surface area contributed by atoms with Crippen molar-refractivity contribution in [1.29, 1.82) is 5.26 Å². The van der Waals surface area contributed by atoms with Crippen LogP contribution in [0.25, 0.3) is 0 Å². The van der Waals surface area contributed by atoms with Gasteiger partial charge in [0.05, 0.1) is 11.6 Å². The number of hydrogen-bond acceptors (Lipinski definition) is 2. The van der Waals surface area contributed by atoms with E-state index in [0.29, 0.717) is 12.0 Å². The van der Waals surface area contributed by atoms with Crippen LogP contribution in [-0.2, 0) is 6.42 Å². The maximum Gasteiger partial charge on any atom is 0.164 e. The fourth-order valence-corrected chi connectivity index (χ4v) is 2.43. The Kier molecular flexibility index (Phi) is 2.39. The van der Waals surface area contributed by atoms with E-state index in [0.717, 1.165) is 28.4 Å². The molecule has 0 saturated heterocycles. The summed E-state index contributed by atoms with van der Waals surface area (Å²) in [7, 11) is 0. The Morgan fingerprint density at radius 3 is 2.86 bits per heavy atom. The highest BCUT2D eigenvalue weighted by Crippen LogP contribution is 2.30. The smallest absolute Gasteiger partial charge is 0.164 e. The molecule has 0 saturated carbocycles. The van der Waals surface area contributed by atoms with Gasteiger partial charge < -0.3 is 0 Å². The fraction of sp³-hybridized carbons (Fsp3) is 0.273. The summed E-state index contributed by atoms with van der Waals surface area (Å²) in [6.07, 6.45) is 2.29. The monoisotopic (exact) mass is 249 g/mol. The molecule has 0 N–H and O–H groups in total. The standard InChI is InChI=1S/C11H8BrNO/c12-9-5-4-7(6-13)8-2-1-3-10(14)11(8)9/h4-5H,1-3H2. The van der Waals surface area contributed by atoms with E-state index in [9.17, 15) is 4.79 Å². The first-order valence-electron chi connectivity index (χ1n) is 4.48. The predicted molar refractivity (Wildman–Crippen MR) is 56.1 cm³/mol. The molecule has 0 fully saturated rings. The van der Waals surface area contributed by atoms with Gasteiger partial charge in [-0.15, -0.1) is 0 Å². The lowest BCUT2D eigenvalue weighted by Gasteiger charge is -2.16. The number of nitriles is 1. The maximum atomic E-state index is 11.6. The molecule has 0 aliphatic heterocycles. The van der Waals surface area contributed by atoms with Crippen molar-refractivity contribution in [3.63, 3.8) is 0 Å². The largest absolute Gasteiger partial charge is 0.294 e. The summed E-state index contributed by atoms with van der Waals surface area (Å²) in [4.78, 5) is 11.6. The molecule has 2 nitrogen and oxygen atoms in total. The van der Waals surface area contributed by atoms with Crippen molar-refractivity contribution in [2.45, 2.75) is 19.3 Å². The second-order valence-corrected chi connectivity index (χ2v) is 4.19. The lowest BCUT2D eigenvalue weighted by molar-refractivity contribution is 0.0971. The Morgan fingerprint density at radius 2 is 2.14 bits per heavy atom. The molecule has 0 atom stereocenters. The average Bonchev–Trinajstić information content (AvgIpc) is 2.18. The third-order valence-electron chi connectivity index (χ3n) is 2.49. The van der Waals surface area contributed by atoms with Gasteiger partial charge in [-0.25, -0.2) is 0 Å². The average molecular weight is 250 g/mol. The molecule has 14 heavy (non-hydrogen) atoms. The van der Waals surface area contributed by atoms with Gasteiger partial charge in [-0.2, -0.15) is 5.26 Å². The van der Waals surface area contributed by atoms with Gasteiger partial charge in [0.1, 0.15) is 0 Å². The minimum Gasteiger partial charge on any atom is -0.294 e. The Hall–Kier alpha value is -1.14. The molecule has 1 aromatic carbocycles.